The second-order valence-electron chi connectivity index (χ2n) is 4.59. The van der Waals surface area contributed by atoms with Gasteiger partial charge in [-0.2, -0.15) is 0 Å². The van der Waals surface area contributed by atoms with Crippen LogP contribution < -0.4 is 10.5 Å². The summed E-state index contributed by atoms with van der Waals surface area (Å²) in [7, 11) is 1.39. The molecule has 1 aromatic carbocycles. The van der Waals surface area contributed by atoms with Gasteiger partial charge >= 0.3 is 0 Å². The number of benzene rings is 1. The van der Waals surface area contributed by atoms with Gasteiger partial charge in [-0.15, -0.1) is 0 Å². The van der Waals surface area contributed by atoms with Gasteiger partial charge in [0.2, 0.25) is 0 Å². The quantitative estimate of drug-likeness (QED) is 0.530. The van der Waals surface area contributed by atoms with E-state index >= 15 is 0 Å². The van der Waals surface area contributed by atoms with E-state index < -0.39 is 37.3 Å². The lowest BCUT2D eigenvalue weighted by molar-refractivity contribution is -0.284. The number of ether oxygens (including phenoxy) is 3. The lowest BCUT2D eigenvalue weighted by Gasteiger charge is -2.41. The average Bonchev–Trinajstić information content (AvgIpc) is 2.45. The zero-order valence-electron chi connectivity index (χ0n) is 11.0. The van der Waals surface area contributed by atoms with Gasteiger partial charge in [-0.3, -0.25) is 0 Å². The minimum atomic E-state index is -1.32. The Hall–Kier alpha value is -1.38. The van der Waals surface area contributed by atoms with Gasteiger partial charge in [-0.05, 0) is 24.3 Å². The standard InChI is InChI=1S/C13H19NO6/c1-18-11-10(16)9(6-15)20-13(17)12(11)19-8-4-2-7(14)3-5-8/h2-5,9-13,15-17H,6,14H2,1H3/t9-,10-,11+,12+,13+/m1/s1. The molecule has 7 heteroatoms. The number of anilines is 1. The summed E-state index contributed by atoms with van der Waals surface area (Å²) in [5, 5.41) is 29.0. The van der Waals surface area contributed by atoms with Crippen molar-refractivity contribution in [3.63, 3.8) is 0 Å². The molecule has 1 aliphatic rings. The van der Waals surface area contributed by atoms with Gasteiger partial charge in [-0.1, -0.05) is 0 Å². The number of hydrogen-bond donors (Lipinski definition) is 4. The summed E-state index contributed by atoms with van der Waals surface area (Å²) in [5.41, 5.74) is 6.16. The molecule has 20 heavy (non-hydrogen) atoms. The molecule has 0 unspecified atom stereocenters. The molecule has 1 fully saturated rings. The van der Waals surface area contributed by atoms with Gasteiger partial charge in [0.05, 0.1) is 6.61 Å². The van der Waals surface area contributed by atoms with Crippen molar-refractivity contribution in [1.29, 1.82) is 0 Å². The number of aliphatic hydroxyl groups excluding tert-OH is 3. The van der Waals surface area contributed by atoms with E-state index in [1.54, 1.807) is 24.3 Å². The van der Waals surface area contributed by atoms with E-state index in [9.17, 15) is 10.2 Å². The number of nitrogens with two attached hydrogens (primary N) is 1. The molecule has 0 aromatic heterocycles. The highest BCUT2D eigenvalue weighted by Gasteiger charge is 2.46. The highest BCUT2D eigenvalue weighted by Crippen LogP contribution is 2.26. The van der Waals surface area contributed by atoms with Crippen LogP contribution in [0, 0.1) is 0 Å². The van der Waals surface area contributed by atoms with Crippen LogP contribution in [0.15, 0.2) is 24.3 Å². The number of hydrogen-bond acceptors (Lipinski definition) is 7. The van der Waals surface area contributed by atoms with Crippen LogP contribution in [0.1, 0.15) is 0 Å². The fourth-order valence-electron chi connectivity index (χ4n) is 2.16. The third-order valence-corrected chi connectivity index (χ3v) is 3.24. The maximum Gasteiger partial charge on any atom is 0.195 e. The Balaban J connectivity index is 2.14. The SMILES string of the molecule is CO[C@H]1[C@H](O)[C@@H](CO)O[C@H](O)[C@H]1Oc1ccc(N)cc1. The van der Waals surface area contributed by atoms with Gasteiger partial charge in [0.1, 0.15) is 24.1 Å². The molecule has 0 radical (unpaired) electrons. The fourth-order valence-corrected chi connectivity index (χ4v) is 2.16. The molecule has 1 saturated heterocycles. The van der Waals surface area contributed by atoms with E-state index in [1.807, 2.05) is 0 Å². The van der Waals surface area contributed by atoms with Crippen molar-refractivity contribution in [3.8, 4) is 5.75 Å². The van der Waals surface area contributed by atoms with Crippen molar-refractivity contribution in [2.45, 2.75) is 30.7 Å². The maximum atomic E-state index is 10.0. The van der Waals surface area contributed by atoms with Crippen molar-refractivity contribution in [3.05, 3.63) is 24.3 Å². The minimum absolute atomic E-state index is 0.424. The van der Waals surface area contributed by atoms with Crippen molar-refractivity contribution in [2.24, 2.45) is 0 Å². The Kier molecular flexibility index (Phi) is 4.79. The van der Waals surface area contributed by atoms with Crippen molar-refractivity contribution in [1.82, 2.24) is 0 Å². The van der Waals surface area contributed by atoms with Gasteiger partial charge in [-0.25, -0.2) is 0 Å². The van der Waals surface area contributed by atoms with Gasteiger partial charge in [0.25, 0.3) is 0 Å². The van der Waals surface area contributed by atoms with E-state index in [0.29, 0.717) is 11.4 Å². The zero-order chi connectivity index (χ0) is 14.7. The molecule has 1 aliphatic heterocycles. The fraction of sp³-hybridized carbons (Fsp3) is 0.538. The van der Waals surface area contributed by atoms with Gasteiger partial charge in [0, 0.05) is 12.8 Å². The summed E-state index contributed by atoms with van der Waals surface area (Å²) in [6, 6.07) is 6.58. The number of aliphatic hydroxyl groups is 3. The van der Waals surface area contributed by atoms with Crippen LogP contribution in [0.2, 0.25) is 0 Å². The summed E-state index contributed by atoms with van der Waals surface area (Å²) in [6.07, 6.45) is -5.08. The second kappa shape index (κ2) is 6.38. The van der Waals surface area contributed by atoms with Crippen molar-refractivity contribution >= 4 is 5.69 Å². The summed E-state index contributed by atoms with van der Waals surface area (Å²) in [4.78, 5) is 0. The summed E-state index contributed by atoms with van der Waals surface area (Å²) in [5.74, 6) is 0.462. The summed E-state index contributed by atoms with van der Waals surface area (Å²) in [6.45, 7) is -0.424. The Morgan fingerprint density at radius 3 is 2.40 bits per heavy atom. The highest BCUT2D eigenvalue weighted by atomic mass is 16.7. The largest absolute Gasteiger partial charge is 0.482 e. The first-order chi connectivity index (χ1) is 9.56. The van der Waals surface area contributed by atoms with E-state index in [2.05, 4.69) is 0 Å². The number of methoxy groups -OCH3 is 1. The predicted octanol–water partition coefficient (Wildman–Crippen LogP) is -0.898. The molecule has 1 aromatic rings. The van der Waals surface area contributed by atoms with Crippen LogP contribution in [0.4, 0.5) is 5.69 Å². The topological polar surface area (TPSA) is 114 Å². The first-order valence-corrected chi connectivity index (χ1v) is 6.24. The van der Waals surface area contributed by atoms with Crippen molar-refractivity contribution < 1.29 is 29.5 Å². The summed E-state index contributed by atoms with van der Waals surface area (Å²) < 4.78 is 15.9. The van der Waals surface area contributed by atoms with E-state index in [4.69, 9.17) is 25.1 Å². The molecule has 7 nitrogen and oxygen atoms in total. The third kappa shape index (κ3) is 3.02. The van der Waals surface area contributed by atoms with Crippen LogP contribution in [0.3, 0.4) is 0 Å². The monoisotopic (exact) mass is 285 g/mol. The Bertz CT molecular complexity index is 425. The molecule has 0 saturated carbocycles. The highest BCUT2D eigenvalue weighted by molar-refractivity contribution is 5.41. The van der Waals surface area contributed by atoms with Crippen LogP contribution in [-0.2, 0) is 9.47 Å². The molecule has 2 rings (SSSR count). The molecule has 1 heterocycles. The molecule has 112 valence electrons. The molecule has 0 spiro atoms. The lowest BCUT2D eigenvalue weighted by Crippen LogP contribution is -2.61. The first kappa shape index (κ1) is 15.0. The van der Waals surface area contributed by atoms with Crippen LogP contribution >= 0.6 is 0 Å². The molecule has 5 atom stereocenters. The Morgan fingerprint density at radius 2 is 1.85 bits per heavy atom. The molecular formula is C13H19NO6. The third-order valence-electron chi connectivity index (χ3n) is 3.24. The minimum Gasteiger partial charge on any atom is -0.482 e. The average molecular weight is 285 g/mol. The Morgan fingerprint density at radius 1 is 1.20 bits per heavy atom. The number of nitrogen functional groups attached to an aromatic ring is 1. The second-order valence-corrected chi connectivity index (χ2v) is 4.59. The Labute approximate surface area is 116 Å². The smallest absolute Gasteiger partial charge is 0.195 e. The molecule has 0 aliphatic carbocycles. The molecule has 0 bridgehead atoms. The van der Waals surface area contributed by atoms with Crippen LogP contribution in [0.5, 0.6) is 5.75 Å². The van der Waals surface area contributed by atoms with E-state index in [0.717, 1.165) is 0 Å². The molecular weight excluding hydrogens is 266 g/mol. The summed E-state index contributed by atoms with van der Waals surface area (Å²) >= 11 is 0. The molecule has 5 N–H and O–H groups in total. The van der Waals surface area contributed by atoms with Crippen molar-refractivity contribution in [2.75, 3.05) is 19.5 Å². The van der Waals surface area contributed by atoms with E-state index in [1.165, 1.54) is 7.11 Å². The van der Waals surface area contributed by atoms with Crippen LogP contribution in [-0.4, -0.2) is 59.7 Å². The lowest BCUT2D eigenvalue weighted by atomic mass is 9.99. The first-order valence-electron chi connectivity index (χ1n) is 6.24. The normalized spacial score (nSPS) is 33.9. The number of rotatable bonds is 4. The zero-order valence-corrected chi connectivity index (χ0v) is 11.0. The maximum absolute atomic E-state index is 10.0. The van der Waals surface area contributed by atoms with Crippen LogP contribution in [0.25, 0.3) is 0 Å². The van der Waals surface area contributed by atoms with E-state index in [-0.39, 0.29) is 0 Å². The molecule has 0 amide bonds. The van der Waals surface area contributed by atoms with Gasteiger partial charge in [0.15, 0.2) is 12.4 Å². The van der Waals surface area contributed by atoms with Gasteiger partial charge < -0.3 is 35.3 Å². The predicted molar refractivity (Wildman–Crippen MR) is 70.0 cm³/mol.